The number of imidazole rings is 1. The van der Waals surface area contributed by atoms with Crippen molar-refractivity contribution in [1.29, 1.82) is 0 Å². The number of carbonyl (C=O) groups excluding carboxylic acids is 1. The topological polar surface area (TPSA) is 46.9 Å². The molecule has 0 bridgehead atoms. The molecule has 4 nitrogen and oxygen atoms in total. The first-order valence-electron chi connectivity index (χ1n) is 3.93. The number of ketones is 1. The van der Waals surface area contributed by atoms with E-state index in [0.29, 0.717) is 5.82 Å². The molecule has 0 aliphatic rings. The summed E-state index contributed by atoms with van der Waals surface area (Å²) in [7, 11) is 1.81. The van der Waals surface area contributed by atoms with Gasteiger partial charge in [-0.25, -0.2) is 4.98 Å². The fourth-order valence-electron chi connectivity index (χ4n) is 1.06. The first kappa shape index (κ1) is 8.77. The number of aryl methyl sites for hydroxylation is 1. The molecule has 0 aromatic carbocycles. The molecule has 0 spiro atoms. The molecule has 0 atom stereocenters. The molecule has 0 saturated heterocycles. The lowest BCUT2D eigenvalue weighted by molar-refractivity contribution is 0.100. The van der Waals surface area contributed by atoms with E-state index in [1.807, 2.05) is 14.0 Å². The van der Waals surface area contributed by atoms with Gasteiger partial charge in [0.1, 0.15) is 5.82 Å². The van der Waals surface area contributed by atoms with Gasteiger partial charge in [-0.15, -0.1) is 0 Å². The van der Waals surface area contributed by atoms with Crippen LogP contribution in [-0.2, 0) is 7.05 Å². The molecule has 12 heavy (non-hydrogen) atoms. The average molecular weight is 167 g/mol. The van der Waals surface area contributed by atoms with Gasteiger partial charge < -0.3 is 9.88 Å². The van der Waals surface area contributed by atoms with Crippen molar-refractivity contribution in [2.45, 2.75) is 13.8 Å². The minimum Gasteiger partial charge on any atom is -0.369 e. The molecule has 1 aromatic heterocycles. The van der Waals surface area contributed by atoms with Gasteiger partial charge in [-0.3, -0.25) is 4.79 Å². The van der Waals surface area contributed by atoms with Crippen LogP contribution in [0.3, 0.4) is 0 Å². The summed E-state index contributed by atoms with van der Waals surface area (Å²) in [5.41, 5.74) is 0. The molecule has 1 heterocycles. The summed E-state index contributed by atoms with van der Waals surface area (Å²) >= 11 is 0. The zero-order valence-corrected chi connectivity index (χ0v) is 7.59. The third-order valence-corrected chi connectivity index (χ3v) is 1.55. The van der Waals surface area contributed by atoms with E-state index in [1.165, 1.54) is 6.92 Å². The molecule has 0 fully saturated rings. The third kappa shape index (κ3) is 1.64. The standard InChI is InChI=1S/C8H13N3O/c1-4-9-7-5-11(3)8(10-7)6(2)12/h5,9H,4H2,1-3H3. The van der Waals surface area contributed by atoms with Crippen LogP contribution < -0.4 is 5.32 Å². The summed E-state index contributed by atoms with van der Waals surface area (Å²) in [5.74, 6) is 1.23. The molecule has 1 N–H and O–H groups in total. The summed E-state index contributed by atoms with van der Waals surface area (Å²) < 4.78 is 1.72. The predicted molar refractivity (Wildman–Crippen MR) is 47.4 cm³/mol. The normalized spacial score (nSPS) is 9.92. The second kappa shape index (κ2) is 3.38. The Morgan fingerprint density at radius 2 is 2.42 bits per heavy atom. The highest BCUT2D eigenvalue weighted by atomic mass is 16.1. The number of nitrogens with zero attached hydrogens (tertiary/aromatic N) is 2. The van der Waals surface area contributed by atoms with E-state index in [4.69, 9.17) is 0 Å². The lowest BCUT2D eigenvalue weighted by Crippen LogP contribution is -2.02. The molecular weight excluding hydrogens is 154 g/mol. The summed E-state index contributed by atoms with van der Waals surface area (Å²) in [6.45, 7) is 4.31. The van der Waals surface area contributed by atoms with Crippen LogP contribution in [0, 0.1) is 0 Å². The molecule has 66 valence electrons. The van der Waals surface area contributed by atoms with Gasteiger partial charge in [0.2, 0.25) is 0 Å². The second-order valence-electron chi connectivity index (χ2n) is 2.65. The van der Waals surface area contributed by atoms with E-state index in [2.05, 4.69) is 10.3 Å². The number of hydrogen-bond donors (Lipinski definition) is 1. The SMILES string of the molecule is CCNc1cn(C)c(C(C)=O)n1. The Balaban J connectivity index is 2.92. The highest BCUT2D eigenvalue weighted by Crippen LogP contribution is 2.06. The first-order valence-corrected chi connectivity index (χ1v) is 3.93. The van der Waals surface area contributed by atoms with E-state index in [-0.39, 0.29) is 5.78 Å². The van der Waals surface area contributed by atoms with Crippen molar-refractivity contribution in [3.05, 3.63) is 12.0 Å². The summed E-state index contributed by atoms with van der Waals surface area (Å²) in [6.07, 6.45) is 1.81. The maximum absolute atomic E-state index is 11.0. The highest BCUT2D eigenvalue weighted by molar-refractivity contribution is 5.91. The minimum absolute atomic E-state index is 0.0124. The zero-order valence-electron chi connectivity index (χ0n) is 7.59. The molecule has 1 aromatic rings. The van der Waals surface area contributed by atoms with Gasteiger partial charge in [0.25, 0.3) is 0 Å². The van der Waals surface area contributed by atoms with Crippen LogP contribution in [0.1, 0.15) is 24.5 Å². The fraction of sp³-hybridized carbons (Fsp3) is 0.500. The Morgan fingerprint density at radius 3 is 2.83 bits per heavy atom. The van der Waals surface area contributed by atoms with Gasteiger partial charge in [-0.1, -0.05) is 0 Å². The number of nitrogens with one attached hydrogen (secondary N) is 1. The molecular formula is C8H13N3O. The minimum atomic E-state index is -0.0124. The molecule has 0 radical (unpaired) electrons. The van der Waals surface area contributed by atoms with Crippen molar-refractivity contribution in [1.82, 2.24) is 9.55 Å². The van der Waals surface area contributed by atoms with Crippen molar-refractivity contribution < 1.29 is 4.79 Å². The molecule has 0 aliphatic carbocycles. The fourth-order valence-corrected chi connectivity index (χ4v) is 1.06. The zero-order chi connectivity index (χ0) is 9.14. The number of anilines is 1. The number of rotatable bonds is 3. The molecule has 0 amide bonds. The Hall–Kier alpha value is -1.32. The van der Waals surface area contributed by atoms with Crippen LogP contribution in [0.15, 0.2) is 6.20 Å². The Morgan fingerprint density at radius 1 is 1.75 bits per heavy atom. The average Bonchev–Trinajstić information content (AvgIpc) is 2.32. The highest BCUT2D eigenvalue weighted by Gasteiger charge is 2.07. The third-order valence-electron chi connectivity index (χ3n) is 1.55. The smallest absolute Gasteiger partial charge is 0.195 e. The van der Waals surface area contributed by atoms with Crippen molar-refractivity contribution in [3.8, 4) is 0 Å². The van der Waals surface area contributed by atoms with Gasteiger partial charge in [0.05, 0.1) is 0 Å². The number of aromatic nitrogens is 2. The monoisotopic (exact) mass is 167 g/mol. The van der Waals surface area contributed by atoms with Gasteiger partial charge in [0.15, 0.2) is 11.6 Å². The largest absolute Gasteiger partial charge is 0.369 e. The molecule has 0 aliphatic heterocycles. The van der Waals surface area contributed by atoms with E-state index < -0.39 is 0 Å². The van der Waals surface area contributed by atoms with Gasteiger partial charge in [-0.05, 0) is 6.92 Å². The summed E-state index contributed by atoms with van der Waals surface area (Å²) in [4.78, 5) is 15.1. The van der Waals surface area contributed by atoms with Crippen LogP contribution in [-0.4, -0.2) is 21.9 Å². The molecule has 4 heteroatoms. The maximum Gasteiger partial charge on any atom is 0.195 e. The van der Waals surface area contributed by atoms with Gasteiger partial charge in [-0.2, -0.15) is 0 Å². The van der Waals surface area contributed by atoms with E-state index in [0.717, 1.165) is 12.4 Å². The Kier molecular flexibility index (Phi) is 2.47. The second-order valence-corrected chi connectivity index (χ2v) is 2.65. The van der Waals surface area contributed by atoms with Crippen molar-refractivity contribution >= 4 is 11.6 Å². The first-order chi connectivity index (χ1) is 5.65. The number of Topliss-reactive ketones (excluding diaryl/α,β-unsaturated/α-hetero) is 1. The Labute approximate surface area is 71.6 Å². The lowest BCUT2D eigenvalue weighted by atomic mass is 10.4. The Bertz CT molecular complexity index is 290. The van der Waals surface area contributed by atoms with Crippen LogP contribution in [0.4, 0.5) is 5.82 Å². The molecule has 1 rings (SSSR count). The van der Waals surface area contributed by atoms with Crippen LogP contribution in [0.2, 0.25) is 0 Å². The summed E-state index contributed by atoms with van der Waals surface area (Å²) in [5, 5.41) is 3.04. The van der Waals surface area contributed by atoms with Crippen LogP contribution in [0.5, 0.6) is 0 Å². The van der Waals surface area contributed by atoms with E-state index in [9.17, 15) is 4.79 Å². The molecule has 0 unspecified atom stereocenters. The molecule has 0 saturated carbocycles. The lowest BCUT2D eigenvalue weighted by Gasteiger charge is -1.92. The van der Waals surface area contributed by atoms with E-state index in [1.54, 1.807) is 10.8 Å². The van der Waals surface area contributed by atoms with Crippen molar-refractivity contribution in [3.63, 3.8) is 0 Å². The van der Waals surface area contributed by atoms with Crippen LogP contribution >= 0.6 is 0 Å². The van der Waals surface area contributed by atoms with Gasteiger partial charge >= 0.3 is 0 Å². The number of carbonyl (C=O) groups is 1. The van der Waals surface area contributed by atoms with Crippen molar-refractivity contribution in [2.24, 2.45) is 7.05 Å². The van der Waals surface area contributed by atoms with Crippen LogP contribution in [0.25, 0.3) is 0 Å². The maximum atomic E-state index is 11.0. The summed E-state index contributed by atoms with van der Waals surface area (Å²) in [6, 6.07) is 0. The predicted octanol–water partition coefficient (Wildman–Crippen LogP) is 1.05. The quantitative estimate of drug-likeness (QED) is 0.684. The van der Waals surface area contributed by atoms with Gasteiger partial charge in [0, 0.05) is 26.7 Å². The van der Waals surface area contributed by atoms with E-state index >= 15 is 0 Å². The van der Waals surface area contributed by atoms with Crippen molar-refractivity contribution in [2.75, 3.05) is 11.9 Å². The number of hydrogen-bond acceptors (Lipinski definition) is 3.